The van der Waals surface area contributed by atoms with Crippen LogP contribution in [0.2, 0.25) is 0 Å². The number of rotatable bonds is 5. The second kappa shape index (κ2) is 7.49. The molecule has 3 aromatic rings. The molecule has 0 unspecified atom stereocenters. The highest BCUT2D eigenvalue weighted by Gasteiger charge is 2.19. The van der Waals surface area contributed by atoms with Crippen LogP contribution in [0.3, 0.4) is 0 Å². The van der Waals surface area contributed by atoms with Gasteiger partial charge in [0.15, 0.2) is 0 Å². The summed E-state index contributed by atoms with van der Waals surface area (Å²) in [6.45, 7) is 0. The summed E-state index contributed by atoms with van der Waals surface area (Å²) < 4.78 is 5.31. The van der Waals surface area contributed by atoms with Crippen molar-refractivity contribution in [3.05, 3.63) is 78.4 Å². The second-order valence-electron chi connectivity index (χ2n) is 5.60. The fraction of sp³-hybridized carbons (Fsp3) is 0.100. The Hall–Kier alpha value is -3.34. The van der Waals surface area contributed by atoms with Gasteiger partial charge in [0.25, 0.3) is 0 Å². The Morgan fingerprint density at radius 1 is 0.920 bits per heavy atom. The fourth-order valence-electron chi connectivity index (χ4n) is 2.62. The van der Waals surface area contributed by atoms with Gasteiger partial charge in [0.2, 0.25) is 0 Å². The van der Waals surface area contributed by atoms with Gasteiger partial charge in [-0.1, -0.05) is 60.7 Å². The van der Waals surface area contributed by atoms with Crippen molar-refractivity contribution in [2.75, 3.05) is 0 Å². The number of hydrogen-bond acceptors (Lipinski definition) is 3. The van der Waals surface area contributed by atoms with Crippen LogP contribution in [0.4, 0.5) is 4.79 Å². The SMILES string of the molecule is O=C(O)C[C@@H](NC(=O)Oc1ccc2ccccc2c1)c1ccccc1. The van der Waals surface area contributed by atoms with E-state index in [0.717, 1.165) is 10.8 Å². The molecule has 5 heteroatoms. The number of nitrogens with one attached hydrogen (secondary N) is 1. The molecule has 0 spiro atoms. The number of carbonyl (C=O) groups excluding carboxylic acids is 1. The van der Waals surface area contributed by atoms with Gasteiger partial charge in [-0.3, -0.25) is 4.79 Å². The second-order valence-corrected chi connectivity index (χ2v) is 5.60. The Labute approximate surface area is 144 Å². The zero-order chi connectivity index (χ0) is 17.6. The third kappa shape index (κ3) is 4.35. The van der Waals surface area contributed by atoms with Crippen molar-refractivity contribution >= 4 is 22.8 Å². The summed E-state index contributed by atoms with van der Waals surface area (Å²) >= 11 is 0. The first kappa shape index (κ1) is 16.5. The van der Waals surface area contributed by atoms with E-state index in [9.17, 15) is 9.59 Å². The predicted octanol–water partition coefficient (Wildman–Crippen LogP) is 4.14. The van der Waals surface area contributed by atoms with E-state index in [2.05, 4.69) is 5.32 Å². The number of ether oxygens (including phenoxy) is 1. The third-order valence-corrected chi connectivity index (χ3v) is 3.80. The van der Waals surface area contributed by atoms with Crippen LogP contribution in [0.15, 0.2) is 72.8 Å². The Balaban J connectivity index is 1.73. The van der Waals surface area contributed by atoms with Crippen molar-refractivity contribution in [2.45, 2.75) is 12.5 Å². The van der Waals surface area contributed by atoms with Crippen LogP contribution in [0.25, 0.3) is 10.8 Å². The zero-order valence-electron chi connectivity index (χ0n) is 13.4. The number of carboxylic acid groups (broad SMARTS) is 1. The first-order chi connectivity index (χ1) is 12.1. The maximum atomic E-state index is 12.2. The number of hydrogen-bond donors (Lipinski definition) is 2. The lowest BCUT2D eigenvalue weighted by Gasteiger charge is -2.17. The van der Waals surface area contributed by atoms with Crippen LogP contribution >= 0.6 is 0 Å². The maximum absolute atomic E-state index is 12.2. The van der Waals surface area contributed by atoms with E-state index in [0.29, 0.717) is 11.3 Å². The minimum atomic E-state index is -1.00. The number of fused-ring (bicyclic) bond motifs is 1. The van der Waals surface area contributed by atoms with Crippen molar-refractivity contribution in [1.29, 1.82) is 0 Å². The molecule has 25 heavy (non-hydrogen) atoms. The van der Waals surface area contributed by atoms with Gasteiger partial charge in [-0.2, -0.15) is 0 Å². The molecule has 3 rings (SSSR count). The van der Waals surface area contributed by atoms with Crippen LogP contribution in [0.1, 0.15) is 18.0 Å². The number of carboxylic acids is 1. The topological polar surface area (TPSA) is 75.6 Å². The monoisotopic (exact) mass is 335 g/mol. The van der Waals surface area contributed by atoms with Crippen LogP contribution in [-0.2, 0) is 4.79 Å². The highest BCUT2D eigenvalue weighted by atomic mass is 16.6. The van der Waals surface area contributed by atoms with Gasteiger partial charge in [-0.15, -0.1) is 0 Å². The first-order valence-corrected chi connectivity index (χ1v) is 7.86. The highest BCUT2D eigenvalue weighted by molar-refractivity contribution is 5.84. The third-order valence-electron chi connectivity index (χ3n) is 3.80. The zero-order valence-corrected chi connectivity index (χ0v) is 13.4. The Kier molecular flexibility index (Phi) is 4.95. The van der Waals surface area contributed by atoms with Crippen molar-refractivity contribution < 1.29 is 19.4 Å². The minimum absolute atomic E-state index is 0.225. The molecule has 0 aliphatic carbocycles. The molecule has 1 atom stereocenters. The maximum Gasteiger partial charge on any atom is 0.413 e. The molecule has 0 bridgehead atoms. The average molecular weight is 335 g/mol. The highest BCUT2D eigenvalue weighted by Crippen LogP contribution is 2.21. The Bertz CT molecular complexity index is 892. The smallest absolute Gasteiger partial charge is 0.413 e. The molecule has 126 valence electrons. The van der Waals surface area contributed by atoms with Gasteiger partial charge >= 0.3 is 12.1 Å². The molecule has 0 aliphatic heterocycles. The average Bonchev–Trinajstić information content (AvgIpc) is 2.61. The van der Waals surface area contributed by atoms with Gasteiger partial charge < -0.3 is 15.2 Å². The van der Waals surface area contributed by atoms with Gasteiger partial charge in [-0.25, -0.2) is 4.79 Å². The fourth-order valence-corrected chi connectivity index (χ4v) is 2.62. The Morgan fingerprint density at radius 2 is 1.60 bits per heavy atom. The summed E-state index contributed by atoms with van der Waals surface area (Å²) in [5.41, 5.74) is 0.709. The van der Waals surface area contributed by atoms with Crippen LogP contribution < -0.4 is 10.1 Å². The van der Waals surface area contributed by atoms with E-state index in [1.54, 1.807) is 36.4 Å². The minimum Gasteiger partial charge on any atom is -0.481 e. The largest absolute Gasteiger partial charge is 0.481 e. The van der Waals surface area contributed by atoms with E-state index in [1.165, 1.54) is 0 Å². The molecule has 5 nitrogen and oxygen atoms in total. The van der Waals surface area contributed by atoms with Crippen LogP contribution in [-0.4, -0.2) is 17.2 Å². The molecule has 0 aliphatic rings. The van der Waals surface area contributed by atoms with E-state index in [1.807, 2.05) is 36.4 Å². The molecular weight excluding hydrogens is 318 g/mol. The van der Waals surface area contributed by atoms with Gasteiger partial charge in [0.1, 0.15) is 5.75 Å². The first-order valence-electron chi connectivity index (χ1n) is 7.86. The van der Waals surface area contributed by atoms with E-state index in [-0.39, 0.29) is 6.42 Å². The summed E-state index contributed by atoms with van der Waals surface area (Å²) in [4.78, 5) is 23.3. The predicted molar refractivity (Wildman–Crippen MR) is 94.5 cm³/mol. The quantitative estimate of drug-likeness (QED) is 0.734. The molecular formula is C20H17NO4. The number of aliphatic carboxylic acids is 1. The number of benzene rings is 3. The van der Waals surface area contributed by atoms with E-state index >= 15 is 0 Å². The normalized spacial score (nSPS) is 11.7. The molecule has 0 aromatic heterocycles. The van der Waals surface area contributed by atoms with Crippen molar-refractivity contribution in [1.82, 2.24) is 5.32 Å². The van der Waals surface area contributed by atoms with Gasteiger partial charge in [0.05, 0.1) is 12.5 Å². The summed E-state index contributed by atoms with van der Waals surface area (Å²) in [6, 6.07) is 21.4. The summed E-state index contributed by atoms with van der Waals surface area (Å²) in [7, 11) is 0. The van der Waals surface area contributed by atoms with Crippen LogP contribution in [0.5, 0.6) is 5.75 Å². The number of amides is 1. The van der Waals surface area contributed by atoms with Crippen molar-refractivity contribution in [3.8, 4) is 5.75 Å². The van der Waals surface area contributed by atoms with Gasteiger partial charge in [-0.05, 0) is 28.5 Å². The molecule has 0 radical (unpaired) electrons. The van der Waals surface area contributed by atoms with E-state index in [4.69, 9.17) is 9.84 Å². The van der Waals surface area contributed by atoms with Crippen molar-refractivity contribution in [2.24, 2.45) is 0 Å². The molecule has 2 N–H and O–H groups in total. The summed E-state index contributed by atoms with van der Waals surface area (Å²) in [6.07, 6.45) is -0.915. The molecule has 1 amide bonds. The molecule has 3 aromatic carbocycles. The van der Waals surface area contributed by atoms with Crippen molar-refractivity contribution in [3.63, 3.8) is 0 Å². The standard InChI is InChI=1S/C20H17NO4/c22-19(23)13-18(15-7-2-1-3-8-15)21-20(24)25-17-11-10-14-6-4-5-9-16(14)12-17/h1-12,18H,13H2,(H,21,24)(H,22,23)/t18-/m1/s1. The molecule has 0 saturated carbocycles. The lowest BCUT2D eigenvalue weighted by atomic mass is 10.0. The lowest BCUT2D eigenvalue weighted by Crippen LogP contribution is -2.32. The van der Waals surface area contributed by atoms with Crippen LogP contribution in [0, 0.1) is 0 Å². The summed E-state index contributed by atoms with van der Waals surface area (Å²) in [5, 5.41) is 13.7. The molecule has 0 heterocycles. The number of carbonyl (C=O) groups is 2. The Morgan fingerprint density at radius 3 is 2.32 bits per heavy atom. The molecule has 0 saturated heterocycles. The lowest BCUT2D eigenvalue weighted by molar-refractivity contribution is -0.137. The summed E-state index contributed by atoms with van der Waals surface area (Å²) in [5.74, 6) is -0.599. The van der Waals surface area contributed by atoms with Gasteiger partial charge in [0, 0.05) is 0 Å². The van der Waals surface area contributed by atoms with E-state index < -0.39 is 18.1 Å². The molecule has 0 fully saturated rings.